The van der Waals surface area contributed by atoms with Gasteiger partial charge in [0.2, 0.25) is 0 Å². The Balaban J connectivity index is 2.92. The van der Waals surface area contributed by atoms with E-state index in [4.69, 9.17) is 10.5 Å². The number of benzene rings is 1. The number of hydrogen-bond donors (Lipinski definition) is 1. The van der Waals surface area contributed by atoms with E-state index in [2.05, 4.69) is 20.8 Å². The van der Waals surface area contributed by atoms with Crippen LogP contribution in [0.15, 0.2) is 30.3 Å². The molecule has 0 radical (unpaired) electrons. The van der Waals surface area contributed by atoms with Crippen LogP contribution in [0.25, 0.3) is 0 Å². The normalized spacial score (nSPS) is 11.2. The molecule has 20 heavy (non-hydrogen) atoms. The van der Waals surface area contributed by atoms with Crippen LogP contribution in [-0.2, 0) is 0 Å². The van der Waals surface area contributed by atoms with Crippen LogP contribution < -0.4 is 10.5 Å². The van der Waals surface area contributed by atoms with Crippen LogP contribution in [-0.4, -0.2) is 29.6 Å². The fraction of sp³-hybridized carbons (Fsp3) is 0.562. The van der Waals surface area contributed by atoms with Gasteiger partial charge in [0.1, 0.15) is 5.75 Å². The Morgan fingerprint density at radius 3 is 2.25 bits per heavy atom. The summed E-state index contributed by atoms with van der Waals surface area (Å²) in [6, 6.07) is 9.16. The molecule has 4 heteroatoms. The smallest absolute Gasteiger partial charge is 0.410 e. The zero-order chi connectivity index (χ0) is 15.0. The van der Waals surface area contributed by atoms with Gasteiger partial charge in [0.05, 0.1) is 5.54 Å². The predicted molar refractivity (Wildman–Crippen MR) is 81.8 cm³/mol. The van der Waals surface area contributed by atoms with E-state index >= 15 is 0 Å². The fourth-order valence-electron chi connectivity index (χ4n) is 2.42. The third-order valence-corrected chi connectivity index (χ3v) is 3.88. The van der Waals surface area contributed by atoms with Crippen LogP contribution in [0.3, 0.4) is 0 Å². The lowest BCUT2D eigenvalue weighted by Gasteiger charge is -2.41. The second-order valence-electron chi connectivity index (χ2n) is 4.97. The summed E-state index contributed by atoms with van der Waals surface area (Å²) in [5.41, 5.74) is 5.62. The molecule has 0 saturated carbocycles. The van der Waals surface area contributed by atoms with E-state index in [1.807, 2.05) is 18.2 Å². The van der Waals surface area contributed by atoms with Crippen molar-refractivity contribution < 1.29 is 9.53 Å². The highest BCUT2D eigenvalue weighted by Gasteiger charge is 2.36. The number of rotatable bonds is 7. The molecule has 4 nitrogen and oxygen atoms in total. The number of nitrogens with two attached hydrogens (primary N) is 1. The van der Waals surface area contributed by atoms with Crippen molar-refractivity contribution in [2.75, 3.05) is 13.1 Å². The van der Waals surface area contributed by atoms with Gasteiger partial charge in [-0.1, -0.05) is 39.0 Å². The molecule has 0 spiro atoms. The lowest BCUT2D eigenvalue weighted by Crippen LogP contribution is -2.56. The molecule has 0 heterocycles. The summed E-state index contributed by atoms with van der Waals surface area (Å²) in [4.78, 5) is 14.3. The molecular weight excluding hydrogens is 252 g/mol. The standard InChI is InChI=1S/C16H26N2O2/c1-4-12-18(16(5-2,6-3)13-17)15(19)20-14-10-8-7-9-11-14/h7-11H,4-6,12-13,17H2,1-3H3. The van der Waals surface area contributed by atoms with Crippen molar-refractivity contribution in [3.63, 3.8) is 0 Å². The van der Waals surface area contributed by atoms with Crippen molar-refractivity contribution in [1.29, 1.82) is 0 Å². The second kappa shape index (κ2) is 7.90. The van der Waals surface area contributed by atoms with Crippen LogP contribution in [0.4, 0.5) is 4.79 Å². The van der Waals surface area contributed by atoms with Crippen LogP contribution in [0.2, 0.25) is 0 Å². The molecule has 1 aromatic carbocycles. The maximum absolute atomic E-state index is 12.5. The topological polar surface area (TPSA) is 55.6 Å². The molecule has 1 aromatic rings. The van der Waals surface area contributed by atoms with Gasteiger partial charge in [-0.3, -0.25) is 0 Å². The highest BCUT2D eigenvalue weighted by atomic mass is 16.6. The molecule has 1 amide bonds. The van der Waals surface area contributed by atoms with Gasteiger partial charge in [0, 0.05) is 13.1 Å². The maximum atomic E-state index is 12.5. The molecule has 1 rings (SSSR count). The minimum Gasteiger partial charge on any atom is -0.410 e. The van der Waals surface area contributed by atoms with Gasteiger partial charge < -0.3 is 15.4 Å². The lowest BCUT2D eigenvalue weighted by atomic mass is 9.90. The van der Waals surface area contributed by atoms with E-state index in [1.54, 1.807) is 17.0 Å². The zero-order valence-corrected chi connectivity index (χ0v) is 12.8. The first-order valence-electron chi connectivity index (χ1n) is 7.38. The molecule has 0 aliphatic heterocycles. The summed E-state index contributed by atoms with van der Waals surface area (Å²) in [5, 5.41) is 0. The SMILES string of the molecule is CCCN(C(=O)Oc1ccccc1)C(CC)(CC)CN. The van der Waals surface area contributed by atoms with E-state index < -0.39 is 0 Å². The lowest BCUT2D eigenvalue weighted by molar-refractivity contribution is 0.0779. The summed E-state index contributed by atoms with van der Waals surface area (Å²) >= 11 is 0. The Hall–Kier alpha value is -1.55. The molecule has 0 aliphatic carbocycles. The van der Waals surface area contributed by atoms with Crippen LogP contribution in [0.1, 0.15) is 40.0 Å². The predicted octanol–water partition coefficient (Wildman–Crippen LogP) is 3.41. The van der Waals surface area contributed by atoms with E-state index in [0.717, 1.165) is 19.3 Å². The summed E-state index contributed by atoms with van der Waals surface area (Å²) in [7, 11) is 0. The quantitative estimate of drug-likeness (QED) is 0.831. The number of hydrogen-bond acceptors (Lipinski definition) is 3. The first kappa shape index (κ1) is 16.5. The van der Waals surface area contributed by atoms with Crippen molar-refractivity contribution in [2.24, 2.45) is 5.73 Å². The molecule has 2 N–H and O–H groups in total. The van der Waals surface area contributed by atoms with Crippen LogP contribution in [0.5, 0.6) is 5.75 Å². The highest BCUT2D eigenvalue weighted by molar-refractivity contribution is 5.71. The average Bonchev–Trinajstić information content (AvgIpc) is 2.49. The van der Waals surface area contributed by atoms with Crippen LogP contribution >= 0.6 is 0 Å². The first-order chi connectivity index (χ1) is 9.63. The average molecular weight is 278 g/mol. The molecule has 0 aromatic heterocycles. The molecule has 0 unspecified atom stereocenters. The van der Waals surface area contributed by atoms with Gasteiger partial charge in [-0.15, -0.1) is 0 Å². The summed E-state index contributed by atoms with van der Waals surface area (Å²) in [6.07, 6.45) is 2.21. The van der Waals surface area contributed by atoms with Crippen molar-refractivity contribution in [3.05, 3.63) is 30.3 Å². The fourth-order valence-corrected chi connectivity index (χ4v) is 2.42. The zero-order valence-electron chi connectivity index (χ0n) is 12.8. The number of carbonyl (C=O) groups is 1. The molecule has 112 valence electrons. The van der Waals surface area contributed by atoms with E-state index in [-0.39, 0.29) is 11.6 Å². The summed E-state index contributed by atoms with van der Waals surface area (Å²) in [6.45, 7) is 7.29. The van der Waals surface area contributed by atoms with E-state index in [0.29, 0.717) is 18.8 Å². The third-order valence-electron chi connectivity index (χ3n) is 3.88. The molecule has 0 saturated heterocycles. The largest absolute Gasteiger partial charge is 0.415 e. The number of carbonyl (C=O) groups excluding carboxylic acids is 1. The van der Waals surface area contributed by atoms with Gasteiger partial charge in [0.25, 0.3) is 0 Å². The van der Waals surface area contributed by atoms with Crippen molar-refractivity contribution in [2.45, 2.75) is 45.6 Å². The Morgan fingerprint density at radius 2 is 1.80 bits per heavy atom. The Kier molecular flexibility index (Phi) is 6.52. The molecule has 0 aliphatic rings. The monoisotopic (exact) mass is 278 g/mol. The maximum Gasteiger partial charge on any atom is 0.415 e. The van der Waals surface area contributed by atoms with Crippen molar-refractivity contribution >= 4 is 6.09 Å². The number of nitrogens with zero attached hydrogens (tertiary/aromatic N) is 1. The van der Waals surface area contributed by atoms with E-state index in [9.17, 15) is 4.79 Å². The Labute approximate surface area is 121 Å². The van der Waals surface area contributed by atoms with Crippen molar-refractivity contribution in [1.82, 2.24) is 4.90 Å². The highest BCUT2D eigenvalue weighted by Crippen LogP contribution is 2.25. The first-order valence-corrected chi connectivity index (χ1v) is 7.38. The summed E-state index contributed by atoms with van der Waals surface area (Å²) < 4.78 is 5.47. The van der Waals surface area contributed by atoms with E-state index in [1.165, 1.54) is 0 Å². The number of ether oxygens (including phenoxy) is 1. The Bertz CT molecular complexity index is 394. The van der Waals surface area contributed by atoms with Gasteiger partial charge in [-0.2, -0.15) is 0 Å². The molecule has 0 bridgehead atoms. The second-order valence-corrected chi connectivity index (χ2v) is 4.97. The molecule has 0 fully saturated rings. The summed E-state index contributed by atoms with van der Waals surface area (Å²) in [5.74, 6) is 0.566. The molecule has 0 atom stereocenters. The van der Waals surface area contributed by atoms with Crippen LogP contribution in [0, 0.1) is 0 Å². The number of amides is 1. The van der Waals surface area contributed by atoms with Gasteiger partial charge in [0.15, 0.2) is 0 Å². The minimum atomic E-state index is -0.318. The van der Waals surface area contributed by atoms with Gasteiger partial charge in [-0.05, 0) is 31.4 Å². The number of para-hydroxylation sites is 1. The van der Waals surface area contributed by atoms with Gasteiger partial charge >= 0.3 is 6.09 Å². The van der Waals surface area contributed by atoms with Crippen molar-refractivity contribution in [3.8, 4) is 5.75 Å². The Morgan fingerprint density at radius 1 is 1.20 bits per heavy atom. The minimum absolute atomic E-state index is 0.313. The van der Waals surface area contributed by atoms with Gasteiger partial charge in [-0.25, -0.2) is 4.79 Å². The molecular formula is C16H26N2O2. The third kappa shape index (κ3) is 3.73.